The van der Waals surface area contributed by atoms with E-state index in [1.807, 2.05) is 26.1 Å². The van der Waals surface area contributed by atoms with Crippen molar-refractivity contribution in [3.8, 4) is 5.00 Å². The molecular weight excluding hydrogens is 318 g/mol. The summed E-state index contributed by atoms with van der Waals surface area (Å²) in [6.07, 6.45) is 1.91. The molecule has 1 atom stereocenters. The molecule has 0 radical (unpaired) electrons. The number of hydrogen-bond acceptors (Lipinski definition) is 5. The highest BCUT2D eigenvalue weighted by atomic mass is 32.1. The van der Waals surface area contributed by atoms with Gasteiger partial charge < -0.3 is 0 Å². The highest BCUT2D eigenvalue weighted by Gasteiger charge is 2.29. The predicted molar refractivity (Wildman–Crippen MR) is 96.5 cm³/mol. The van der Waals surface area contributed by atoms with Crippen LogP contribution in [0.15, 0.2) is 23.3 Å². The average molecular weight is 337 g/mol. The summed E-state index contributed by atoms with van der Waals surface area (Å²) in [4.78, 5) is 10.8. The van der Waals surface area contributed by atoms with E-state index in [-0.39, 0.29) is 6.04 Å². The zero-order valence-corrected chi connectivity index (χ0v) is 15.3. The Hall–Kier alpha value is -2.34. The molecule has 0 saturated carbocycles. The number of fused-ring (bicyclic) bond motifs is 3. The predicted octanol–water partition coefficient (Wildman–Crippen LogP) is 3.87. The van der Waals surface area contributed by atoms with Gasteiger partial charge in [0.15, 0.2) is 5.82 Å². The second-order valence-electron chi connectivity index (χ2n) is 6.25. The third-order valence-electron chi connectivity index (χ3n) is 4.54. The Morgan fingerprint density at radius 2 is 1.88 bits per heavy atom. The summed E-state index contributed by atoms with van der Waals surface area (Å²) in [5.74, 6) is 1.79. The molecule has 6 heteroatoms. The van der Waals surface area contributed by atoms with Crippen molar-refractivity contribution in [3.63, 3.8) is 0 Å². The van der Waals surface area contributed by atoms with Crippen molar-refractivity contribution in [1.29, 1.82) is 0 Å². The van der Waals surface area contributed by atoms with Crippen LogP contribution in [0.25, 0.3) is 5.00 Å². The Balaban J connectivity index is 2.04. The molecule has 0 spiro atoms. The first-order valence-electron chi connectivity index (χ1n) is 8.01. The lowest BCUT2D eigenvalue weighted by molar-refractivity contribution is 0.724. The summed E-state index contributed by atoms with van der Waals surface area (Å²) in [6.45, 7) is 10.4. The van der Waals surface area contributed by atoms with Gasteiger partial charge in [-0.2, -0.15) is 0 Å². The molecule has 0 bridgehead atoms. The number of nitrogens with zero attached hydrogens (tertiary/aromatic N) is 5. The molecule has 3 aromatic rings. The van der Waals surface area contributed by atoms with Gasteiger partial charge in [-0.1, -0.05) is 0 Å². The van der Waals surface area contributed by atoms with Crippen molar-refractivity contribution < 1.29 is 0 Å². The molecule has 1 aliphatic heterocycles. The van der Waals surface area contributed by atoms with Gasteiger partial charge in [-0.15, -0.1) is 21.5 Å². The Kier molecular flexibility index (Phi) is 3.38. The van der Waals surface area contributed by atoms with Crippen molar-refractivity contribution in [2.75, 3.05) is 0 Å². The van der Waals surface area contributed by atoms with Crippen molar-refractivity contribution in [2.24, 2.45) is 4.99 Å². The van der Waals surface area contributed by atoms with Gasteiger partial charge in [0.05, 0.1) is 5.71 Å². The maximum absolute atomic E-state index is 5.01. The van der Waals surface area contributed by atoms with E-state index >= 15 is 0 Å². The number of thiophene rings is 1. The average Bonchev–Trinajstić information content (AvgIpc) is 3.03. The quantitative estimate of drug-likeness (QED) is 0.677. The maximum Gasteiger partial charge on any atom is 0.162 e. The largest absolute Gasteiger partial charge is 0.273 e. The molecule has 4 heterocycles. The second kappa shape index (κ2) is 5.34. The van der Waals surface area contributed by atoms with E-state index in [0.29, 0.717) is 0 Å². The van der Waals surface area contributed by atoms with Crippen LogP contribution in [0, 0.1) is 27.7 Å². The van der Waals surface area contributed by atoms with Gasteiger partial charge in [-0.3, -0.25) is 14.5 Å². The summed E-state index contributed by atoms with van der Waals surface area (Å²) >= 11 is 1.78. The molecule has 0 amide bonds. The Labute approximate surface area is 145 Å². The lowest BCUT2D eigenvalue weighted by atomic mass is 10.0. The van der Waals surface area contributed by atoms with Gasteiger partial charge in [0.25, 0.3) is 0 Å². The molecule has 122 valence electrons. The number of aromatic nitrogens is 4. The van der Waals surface area contributed by atoms with Crippen LogP contribution in [0.1, 0.15) is 51.9 Å². The first-order chi connectivity index (χ1) is 11.5. The molecule has 0 fully saturated rings. The van der Waals surface area contributed by atoms with E-state index in [0.717, 1.165) is 33.6 Å². The highest BCUT2D eigenvalue weighted by Crippen LogP contribution is 2.38. The molecule has 1 aliphatic rings. The summed E-state index contributed by atoms with van der Waals surface area (Å²) in [6, 6.07) is 4.08. The van der Waals surface area contributed by atoms with Crippen LogP contribution in [0.5, 0.6) is 0 Å². The first kappa shape index (κ1) is 15.2. The smallest absolute Gasteiger partial charge is 0.162 e. The molecule has 24 heavy (non-hydrogen) atoms. The summed E-state index contributed by atoms with van der Waals surface area (Å²) in [7, 11) is 0. The fraction of sp³-hybridized carbons (Fsp3) is 0.333. The molecule has 4 rings (SSSR count). The minimum Gasteiger partial charge on any atom is -0.273 e. The zero-order valence-electron chi connectivity index (χ0n) is 14.5. The third kappa shape index (κ3) is 2.13. The Morgan fingerprint density at radius 1 is 1.08 bits per heavy atom. The fourth-order valence-corrected chi connectivity index (χ4v) is 4.30. The Bertz CT molecular complexity index is 962. The van der Waals surface area contributed by atoms with E-state index < -0.39 is 0 Å². The van der Waals surface area contributed by atoms with Gasteiger partial charge in [-0.25, -0.2) is 0 Å². The normalized spacial score (nSPS) is 16.4. The van der Waals surface area contributed by atoms with E-state index in [9.17, 15) is 0 Å². The number of aryl methyl sites for hydroxylation is 3. The van der Waals surface area contributed by atoms with Crippen molar-refractivity contribution >= 4 is 17.0 Å². The minimum absolute atomic E-state index is 0.0539. The molecule has 5 nitrogen and oxygen atoms in total. The second-order valence-corrected chi connectivity index (χ2v) is 7.45. The van der Waals surface area contributed by atoms with E-state index in [1.54, 1.807) is 11.3 Å². The lowest BCUT2D eigenvalue weighted by Crippen LogP contribution is -2.07. The summed E-state index contributed by atoms with van der Waals surface area (Å²) < 4.78 is 2.16. The number of pyridine rings is 1. The minimum atomic E-state index is -0.0539. The molecule has 3 aromatic heterocycles. The summed E-state index contributed by atoms with van der Waals surface area (Å²) in [5, 5.41) is 9.81. The van der Waals surface area contributed by atoms with Crippen molar-refractivity contribution in [3.05, 3.63) is 57.2 Å². The number of aliphatic imine (C=N–C) groups is 1. The van der Waals surface area contributed by atoms with Crippen LogP contribution in [-0.2, 0) is 0 Å². The highest BCUT2D eigenvalue weighted by molar-refractivity contribution is 7.15. The van der Waals surface area contributed by atoms with Crippen LogP contribution in [0.2, 0.25) is 0 Å². The molecular formula is C18H19N5S. The standard InChI is InChI=1S/C18H19N5S/c1-9-6-7-14(8-19-9)16-15-10(2)12(4)24-18(15)23-13(5)21-22-17(23)11(3)20-16/h6-8,11H,1-5H3. The maximum atomic E-state index is 5.01. The molecule has 0 aliphatic carbocycles. The third-order valence-corrected chi connectivity index (χ3v) is 5.73. The fourth-order valence-electron chi connectivity index (χ4n) is 3.09. The topological polar surface area (TPSA) is 56.0 Å². The summed E-state index contributed by atoms with van der Waals surface area (Å²) in [5.41, 5.74) is 5.49. The first-order valence-corrected chi connectivity index (χ1v) is 8.82. The van der Waals surface area contributed by atoms with Crippen LogP contribution in [0.4, 0.5) is 0 Å². The molecule has 1 unspecified atom stereocenters. The van der Waals surface area contributed by atoms with Gasteiger partial charge in [0, 0.05) is 27.9 Å². The van der Waals surface area contributed by atoms with Crippen LogP contribution >= 0.6 is 11.3 Å². The number of rotatable bonds is 1. The number of hydrogen-bond donors (Lipinski definition) is 0. The van der Waals surface area contributed by atoms with Crippen LogP contribution in [-0.4, -0.2) is 25.5 Å². The van der Waals surface area contributed by atoms with Crippen LogP contribution in [0.3, 0.4) is 0 Å². The SMILES string of the molecule is Cc1ccc(C2=NC(C)c3nnc(C)n3-c3sc(C)c(C)c32)cn1. The van der Waals surface area contributed by atoms with E-state index in [1.165, 1.54) is 16.0 Å². The molecule has 0 N–H and O–H groups in total. The molecule has 0 aromatic carbocycles. The van der Waals surface area contributed by atoms with Crippen LogP contribution < -0.4 is 0 Å². The van der Waals surface area contributed by atoms with Gasteiger partial charge in [0.2, 0.25) is 0 Å². The zero-order chi connectivity index (χ0) is 17.0. The van der Waals surface area contributed by atoms with Gasteiger partial charge in [-0.05, 0) is 52.3 Å². The van der Waals surface area contributed by atoms with Crippen molar-refractivity contribution in [2.45, 2.75) is 40.7 Å². The Morgan fingerprint density at radius 3 is 2.58 bits per heavy atom. The van der Waals surface area contributed by atoms with Crippen molar-refractivity contribution in [1.82, 2.24) is 19.7 Å². The van der Waals surface area contributed by atoms with E-state index in [2.05, 4.69) is 46.6 Å². The molecule has 0 saturated heterocycles. The monoisotopic (exact) mass is 337 g/mol. The lowest BCUT2D eigenvalue weighted by Gasteiger charge is -2.09. The van der Waals surface area contributed by atoms with Gasteiger partial charge in [0.1, 0.15) is 16.9 Å². The van der Waals surface area contributed by atoms with E-state index in [4.69, 9.17) is 4.99 Å². The van der Waals surface area contributed by atoms with Gasteiger partial charge >= 0.3 is 0 Å².